The molecule has 1 fully saturated rings. The van der Waals surface area contributed by atoms with Gasteiger partial charge in [0.2, 0.25) is 5.91 Å². The quantitative estimate of drug-likeness (QED) is 0.161. The van der Waals surface area contributed by atoms with Crippen molar-refractivity contribution in [2.45, 2.75) is 26.3 Å². The number of nitrogens with two attached hydrogens (primary N) is 1. The van der Waals surface area contributed by atoms with E-state index in [0.29, 0.717) is 17.1 Å². The van der Waals surface area contributed by atoms with Crippen molar-refractivity contribution in [3.63, 3.8) is 0 Å². The number of fused-ring (bicyclic) bond motifs is 1. The van der Waals surface area contributed by atoms with Crippen molar-refractivity contribution in [1.82, 2.24) is 4.90 Å². The zero-order valence-electron chi connectivity index (χ0n) is 22.7. The second-order valence-corrected chi connectivity index (χ2v) is 9.47. The number of halogens is 2. The number of carbonyl (C=O) groups excluding carboxylic acids is 2. The lowest BCUT2D eigenvalue weighted by atomic mass is 10.0. The van der Waals surface area contributed by atoms with Gasteiger partial charge in [-0.3, -0.25) is 20.4 Å². The molecule has 1 aliphatic heterocycles. The number of ether oxygens (including phenoxy) is 1. The third-order valence-electron chi connectivity index (χ3n) is 6.88. The van der Waals surface area contributed by atoms with Gasteiger partial charge in [0.1, 0.15) is 12.3 Å². The standard InChI is InChI=1S/C29H34N6O3.2ClH/c1-20(30)33-12-3-13-34(15-14-33)25-8-10-26(11-9-25)35(27(36)18-28(37)38-2)19-21-4-5-22-6-7-23(29(31)32)17-24(22)16-21;;/h4-11,16-17,30H,3,12-15,18-19H2,1-2H3,(H3,31,32);2*1H. The Bertz CT molecular complexity index is 1370. The van der Waals surface area contributed by atoms with Gasteiger partial charge >= 0.3 is 5.97 Å². The summed E-state index contributed by atoms with van der Waals surface area (Å²) in [5, 5.41) is 17.6. The van der Waals surface area contributed by atoms with E-state index in [1.165, 1.54) is 7.11 Å². The summed E-state index contributed by atoms with van der Waals surface area (Å²) in [5.74, 6) is -0.351. The average Bonchev–Trinajstić information content (AvgIpc) is 3.18. The van der Waals surface area contributed by atoms with Crippen molar-refractivity contribution >= 4 is 70.5 Å². The zero-order valence-corrected chi connectivity index (χ0v) is 24.3. The van der Waals surface area contributed by atoms with E-state index < -0.39 is 5.97 Å². The molecule has 0 atom stereocenters. The lowest BCUT2D eigenvalue weighted by Crippen LogP contribution is -2.33. The first-order valence-corrected chi connectivity index (χ1v) is 12.6. The fourth-order valence-electron chi connectivity index (χ4n) is 4.71. The van der Waals surface area contributed by atoms with E-state index in [1.807, 2.05) is 67.6 Å². The van der Waals surface area contributed by atoms with Gasteiger partial charge in [-0.15, -0.1) is 24.8 Å². The summed E-state index contributed by atoms with van der Waals surface area (Å²) in [5.41, 5.74) is 8.93. The summed E-state index contributed by atoms with van der Waals surface area (Å²) in [6, 6.07) is 19.3. The van der Waals surface area contributed by atoms with Crippen LogP contribution in [-0.4, -0.2) is 61.7 Å². The topological polar surface area (TPSA) is 127 Å². The van der Waals surface area contributed by atoms with Gasteiger partial charge in [0.25, 0.3) is 0 Å². The Morgan fingerprint density at radius 3 is 2.27 bits per heavy atom. The van der Waals surface area contributed by atoms with Crippen molar-refractivity contribution in [2.75, 3.05) is 43.1 Å². The third kappa shape index (κ3) is 7.86. The second-order valence-electron chi connectivity index (χ2n) is 9.47. The van der Waals surface area contributed by atoms with Crippen LogP contribution in [0.1, 0.15) is 30.9 Å². The smallest absolute Gasteiger partial charge is 0.315 e. The van der Waals surface area contributed by atoms with Crippen LogP contribution in [0.25, 0.3) is 10.8 Å². The number of anilines is 2. The molecule has 1 saturated heterocycles. The second kappa shape index (κ2) is 14.5. The predicted octanol–water partition coefficient (Wildman–Crippen LogP) is 4.57. The van der Waals surface area contributed by atoms with Crippen molar-refractivity contribution in [2.24, 2.45) is 5.73 Å². The Labute approximate surface area is 247 Å². The Kier molecular flexibility index (Phi) is 11.8. The number of nitrogens with zero attached hydrogens (tertiary/aromatic N) is 3. The van der Waals surface area contributed by atoms with Crippen LogP contribution in [0.3, 0.4) is 0 Å². The molecule has 4 rings (SSSR count). The van der Waals surface area contributed by atoms with E-state index in [2.05, 4.69) is 9.80 Å². The summed E-state index contributed by atoms with van der Waals surface area (Å²) in [7, 11) is 1.27. The lowest BCUT2D eigenvalue weighted by molar-refractivity contribution is -0.143. The number of methoxy groups -OCH3 is 1. The van der Waals surface area contributed by atoms with Crippen LogP contribution in [-0.2, 0) is 20.9 Å². The number of benzene rings is 3. The average molecular weight is 588 g/mol. The third-order valence-corrected chi connectivity index (χ3v) is 6.88. The maximum absolute atomic E-state index is 13.2. The fraction of sp³-hybridized carbons (Fsp3) is 0.310. The van der Waals surface area contributed by atoms with Crippen molar-refractivity contribution in [1.29, 1.82) is 10.8 Å². The van der Waals surface area contributed by atoms with Gasteiger partial charge in [-0.25, -0.2) is 0 Å². The zero-order chi connectivity index (χ0) is 27.2. The molecule has 0 unspecified atom stereocenters. The minimum Gasteiger partial charge on any atom is -0.469 e. The van der Waals surface area contributed by atoms with Gasteiger partial charge in [-0.05, 0) is 66.1 Å². The van der Waals surface area contributed by atoms with E-state index >= 15 is 0 Å². The molecule has 9 nitrogen and oxygen atoms in total. The monoisotopic (exact) mass is 586 g/mol. The minimum atomic E-state index is -0.586. The number of esters is 1. The van der Waals surface area contributed by atoms with E-state index in [1.54, 1.807) is 4.90 Å². The van der Waals surface area contributed by atoms with Crippen molar-refractivity contribution in [3.05, 3.63) is 71.8 Å². The summed E-state index contributed by atoms with van der Waals surface area (Å²) >= 11 is 0. The van der Waals surface area contributed by atoms with Crippen LogP contribution >= 0.6 is 24.8 Å². The summed E-state index contributed by atoms with van der Waals surface area (Å²) in [4.78, 5) is 31.1. The molecule has 0 aliphatic carbocycles. The highest BCUT2D eigenvalue weighted by Gasteiger charge is 2.21. The summed E-state index contributed by atoms with van der Waals surface area (Å²) in [6.07, 6.45) is 0.611. The van der Waals surface area contributed by atoms with Gasteiger partial charge in [-0.2, -0.15) is 0 Å². The van der Waals surface area contributed by atoms with Crippen LogP contribution < -0.4 is 15.5 Å². The van der Waals surface area contributed by atoms with Crippen LogP contribution in [0.15, 0.2) is 60.7 Å². The van der Waals surface area contributed by atoms with Gasteiger partial charge in [0, 0.05) is 43.1 Å². The molecule has 0 radical (unpaired) electrons. The highest BCUT2D eigenvalue weighted by Crippen LogP contribution is 2.26. The van der Waals surface area contributed by atoms with Gasteiger partial charge in [-0.1, -0.05) is 24.3 Å². The Hall–Kier alpha value is -3.82. The molecule has 3 aromatic carbocycles. The Morgan fingerprint density at radius 2 is 1.62 bits per heavy atom. The van der Waals surface area contributed by atoms with Crippen LogP contribution in [0.4, 0.5) is 11.4 Å². The number of amidine groups is 2. The number of nitrogens with one attached hydrogen (secondary N) is 2. The molecule has 0 aromatic heterocycles. The summed E-state index contributed by atoms with van der Waals surface area (Å²) in [6.45, 7) is 5.48. The normalized spacial score (nSPS) is 12.9. The van der Waals surface area contributed by atoms with Crippen LogP contribution in [0.5, 0.6) is 0 Å². The van der Waals surface area contributed by atoms with Crippen LogP contribution in [0, 0.1) is 10.8 Å². The fourth-order valence-corrected chi connectivity index (χ4v) is 4.71. The Balaban J connectivity index is 0.00000280. The Morgan fingerprint density at radius 1 is 0.925 bits per heavy atom. The van der Waals surface area contributed by atoms with Crippen molar-refractivity contribution < 1.29 is 14.3 Å². The number of rotatable bonds is 7. The first kappa shape index (κ1) is 32.4. The van der Waals surface area contributed by atoms with Gasteiger partial charge in [0.15, 0.2) is 0 Å². The number of hydrogen-bond acceptors (Lipinski definition) is 6. The van der Waals surface area contributed by atoms with Crippen molar-refractivity contribution in [3.8, 4) is 0 Å². The molecule has 1 aliphatic rings. The molecular weight excluding hydrogens is 551 g/mol. The molecule has 0 bridgehead atoms. The minimum absolute atomic E-state index is 0. The molecular formula is C29H36Cl2N6O3. The van der Waals surface area contributed by atoms with E-state index in [4.69, 9.17) is 21.3 Å². The number of nitrogen functional groups attached to an aromatic ring is 1. The molecule has 11 heteroatoms. The van der Waals surface area contributed by atoms with E-state index in [0.717, 1.165) is 54.6 Å². The molecule has 0 spiro atoms. The largest absolute Gasteiger partial charge is 0.469 e. The maximum atomic E-state index is 13.2. The molecule has 4 N–H and O–H groups in total. The highest BCUT2D eigenvalue weighted by molar-refractivity contribution is 6.03. The van der Waals surface area contributed by atoms with Gasteiger partial charge in [0.05, 0.1) is 19.5 Å². The number of carbonyl (C=O) groups is 2. The van der Waals surface area contributed by atoms with Gasteiger partial charge < -0.3 is 25.2 Å². The first-order valence-electron chi connectivity index (χ1n) is 12.6. The maximum Gasteiger partial charge on any atom is 0.315 e. The van der Waals surface area contributed by atoms with E-state index in [9.17, 15) is 9.59 Å². The molecule has 0 saturated carbocycles. The molecule has 1 heterocycles. The molecule has 214 valence electrons. The first-order chi connectivity index (χ1) is 18.2. The predicted molar refractivity (Wildman–Crippen MR) is 166 cm³/mol. The lowest BCUT2D eigenvalue weighted by Gasteiger charge is -2.26. The molecule has 40 heavy (non-hydrogen) atoms. The van der Waals surface area contributed by atoms with E-state index in [-0.39, 0.29) is 49.5 Å². The summed E-state index contributed by atoms with van der Waals surface area (Å²) < 4.78 is 4.74. The van der Waals surface area contributed by atoms with Crippen LogP contribution in [0.2, 0.25) is 0 Å². The molecule has 3 aromatic rings. The number of amides is 1. The molecule has 1 amide bonds. The number of hydrogen-bond donors (Lipinski definition) is 3. The SMILES string of the molecule is COC(=O)CC(=O)N(Cc1ccc2ccc(C(=N)N)cc2c1)c1ccc(N2CCCN(C(C)=N)CC2)cc1.Cl.Cl. The highest BCUT2D eigenvalue weighted by atomic mass is 35.5.